The molecule has 0 unspecified atom stereocenters. The van der Waals surface area contributed by atoms with Gasteiger partial charge in [-0.15, -0.1) is 0 Å². The number of anilines is 1. The fourth-order valence-corrected chi connectivity index (χ4v) is 4.82. The fourth-order valence-electron chi connectivity index (χ4n) is 4.82. The highest BCUT2D eigenvalue weighted by Gasteiger charge is 2.37. The second kappa shape index (κ2) is 10.6. The minimum Gasteiger partial charge on any atom is -0.351 e. The lowest BCUT2D eigenvalue weighted by atomic mass is 10.0. The number of carbonyl (C=O) groups is 3. The Morgan fingerprint density at radius 3 is 1.91 bits per heavy atom. The standard InChI is InChI=1S/C26H30FN3O3/c27-19-14-16-22(17-15-19)30(26(33)25(32)29-21-12-6-7-13-21)23(18-8-2-1-3-9-18)24(31)28-20-10-4-5-11-20/h1-3,8-9,14-17,20-21,23H,4-7,10-13H2,(H,28,31)(H,29,32)/t23-/m0/s1. The number of nitrogens with zero attached hydrogens (tertiary/aromatic N) is 1. The van der Waals surface area contributed by atoms with E-state index >= 15 is 0 Å². The predicted molar refractivity (Wildman–Crippen MR) is 124 cm³/mol. The van der Waals surface area contributed by atoms with Crippen molar-refractivity contribution in [2.24, 2.45) is 0 Å². The Kier molecular flexibility index (Phi) is 7.37. The molecule has 0 aliphatic heterocycles. The molecule has 6 nitrogen and oxygen atoms in total. The molecule has 0 radical (unpaired) electrons. The van der Waals surface area contributed by atoms with E-state index in [1.807, 2.05) is 6.07 Å². The van der Waals surface area contributed by atoms with Crippen molar-refractivity contribution in [1.82, 2.24) is 10.6 Å². The summed E-state index contributed by atoms with van der Waals surface area (Å²) in [6, 6.07) is 13.2. The zero-order valence-corrected chi connectivity index (χ0v) is 18.6. The van der Waals surface area contributed by atoms with Crippen LogP contribution >= 0.6 is 0 Å². The summed E-state index contributed by atoms with van der Waals surface area (Å²) in [7, 11) is 0. The Labute approximate surface area is 193 Å². The molecule has 2 aromatic carbocycles. The molecule has 7 heteroatoms. The van der Waals surface area contributed by atoms with Gasteiger partial charge < -0.3 is 10.6 Å². The number of nitrogens with one attached hydrogen (secondary N) is 2. The minimum atomic E-state index is -1.06. The van der Waals surface area contributed by atoms with E-state index < -0.39 is 23.7 Å². The number of hydrogen-bond acceptors (Lipinski definition) is 3. The second-order valence-electron chi connectivity index (χ2n) is 8.91. The van der Waals surface area contributed by atoms with Crippen molar-refractivity contribution in [3.63, 3.8) is 0 Å². The van der Waals surface area contributed by atoms with Crippen LogP contribution in [0.15, 0.2) is 54.6 Å². The van der Waals surface area contributed by atoms with Crippen LogP contribution in [0.25, 0.3) is 0 Å². The molecule has 174 valence electrons. The molecular formula is C26H30FN3O3. The minimum absolute atomic E-state index is 0.0426. The number of rotatable bonds is 6. The molecule has 0 bridgehead atoms. The molecule has 0 heterocycles. The molecule has 2 N–H and O–H groups in total. The van der Waals surface area contributed by atoms with Crippen molar-refractivity contribution in [3.8, 4) is 0 Å². The molecule has 0 saturated heterocycles. The van der Waals surface area contributed by atoms with Crippen molar-refractivity contribution in [2.45, 2.75) is 69.5 Å². The fraction of sp³-hybridized carbons (Fsp3) is 0.423. The second-order valence-corrected chi connectivity index (χ2v) is 8.91. The summed E-state index contributed by atoms with van der Waals surface area (Å²) < 4.78 is 13.7. The third-order valence-electron chi connectivity index (χ3n) is 6.53. The third-order valence-corrected chi connectivity index (χ3v) is 6.53. The first-order valence-electron chi connectivity index (χ1n) is 11.8. The van der Waals surface area contributed by atoms with Gasteiger partial charge in [0.05, 0.1) is 0 Å². The first-order chi connectivity index (χ1) is 16.0. The van der Waals surface area contributed by atoms with Gasteiger partial charge in [-0.1, -0.05) is 56.0 Å². The van der Waals surface area contributed by atoms with Gasteiger partial charge >= 0.3 is 11.8 Å². The zero-order valence-electron chi connectivity index (χ0n) is 18.6. The summed E-state index contributed by atoms with van der Waals surface area (Å²) in [5.41, 5.74) is 0.873. The van der Waals surface area contributed by atoms with E-state index in [1.165, 1.54) is 29.2 Å². The van der Waals surface area contributed by atoms with Crippen molar-refractivity contribution in [2.75, 3.05) is 4.90 Å². The quantitative estimate of drug-likeness (QED) is 0.652. The van der Waals surface area contributed by atoms with Gasteiger partial charge in [0.15, 0.2) is 0 Å². The number of halogens is 1. The van der Waals surface area contributed by atoms with Gasteiger partial charge in [-0.25, -0.2) is 4.39 Å². The van der Waals surface area contributed by atoms with Crippen LogP contribution in [0.5, 0.6) is 0 Å². The lowest BCUT2D eigenvalue weighted by molar-refractivity contribution is -0.139. The lowest BCUT2D eigenvalue weighted by Gasteiger charge is -2.32. The molecule has 2 saturated carbocycles. The molecule has 2 aromatic rings. The smallest absolute Gasteiger partial charge is 0.317 e. The molecule has 2 aliphatic carbocycles. The summed E-state index contributed by atoms with van der Waals surface area (Å²) in [6.07, 6.45) is 7.56. The average Bonchev–Trinajstić information content (AvgIpc) is 3.52. The molecule has 2 fully saturated rings. The zero-order chi connectivity index (χ0) is 23.2. The van der Waals surface area contributed by atoms with Crippen LogP contribution < -0.4 is 15.5 Å². The largest absolute Gasteiger partial charge is 0.351 e. The van der Waals surface area contributed by atoms with Gasteiger partial charge in [0.25, 0.3) is 0 Å². The molecule has 3 amide bonds. The maximum absolute atomic E-state index is 13.7. The van der Waals surface area contributed by atoms with E-state index in [1.54, 1.807) is 24.3 Å². The van der Waals surface area contributed by atoms with Gasteiger partial charge in [0.1, 0.15) is 11.9 Å². The van der Waals surface area contributed by atoms with E-state index in [0.717, 1.165) is 51.4 Å². The van der Waals surface area contributed by atoms with Crippen molar-refractivity contribution < 1.29 is 18.8 Å². The monoisotopic (exact) mass is 451 g/mol. The number of carbonyl (C=O) groups excluding carboxylic acids is 3. The van der Waals surface area contributed by atoms with Crippen LogP contribution in [0, 0.1) is 5.82 Å². The predicted octanol–water partition coefficient (Wildman–Crippen LogP) is 4.02. The van der Waals surface area contributed by atoms with E-state index in [2.05, 4.69) is 10.6 Å². The van der Waals surface area contributed by atoms with Gasteiger partial charge in [0, 0.05) is 17.8 Å². The molecule has 2 aliphatic rings. The summed E-state index contributed by atoms with van der Waals surface area (Å²) in [5, 5.41) is 5.89. The highest BCUT2D eigenvalue weighted by molar-refractivity contribution is 6.41. The molecule has 1 atom stereocenters. The Morgan fingerprint density at radius 2 is 1.33 bits per heavy atom. The Bertz CT molecular complexity index is 968. The average molecular weight is 452 g/mol. The maximum atomic E-state index is 13.7. The Balaban J connectivity index is 1.70. The molecule has 0 spiro atoms. The van der Waals surface area contributed by atoms with Gasteiger partial charge in [-0.2, -0.15) is 0 Å². The molecule has 0 aromatic heterocycles. The highest BCUT2D eigenvalue weighted by atomic mass is 19.1. The molecule has 33 heavy (non-hydrogen) atoms. The maximum Gasteiger partial charge on any atom is 0.317 e. The van der Waals surface area contributed by atoms with Crippen LogP contribution in [0.2, 0.25) is 0 Å². The van der Waals surface area contributed by atoms with Crippen LogP contribution in [-0.4, -0.2) is 29.8 Å². The molecular weight excluding hydrogens is 421 g/mol. The Hall–Kier alpha value is -3.22. The van der Waals surface area contributed by atoms with Crippen molar-refractivity contribution in [3.05, 3.63) is 66.0 Å². The van der Waals surface area contributed by atoms with Crippen molar-refractivity contribution in [1.29, 1.82) is 0 Å². The van der Waals surface area contributed by atoms with Crippen LogP contribution in [0.1, 0.15) is 63.0 Å². The van der Waals surface area contributed by atoms with E-state index in [0.29, 0.717) is 11.3 Å². The highest BCUT2D eigenvalue weighted by Crippen LogP contribution is 2.30. The number of hydrogen-bond donors (Lipinski definition) is 2. The van der Waals surface area contributed by atoms with Crippen molar-refractivity contribution >= 4 is 23.4 Å². The topological polar surface area (TPSA) is 78.5 Å². The number of benzene rings is 2. The third kappa shape index (κ3) is 5.59. The van der Waals surface area contributed by atoms with Gasteiger partial charge in [0.2, 0.25) is 5.91 Å². The summed E-state index contributed by atoms with van der Waals surface area (Å²) >= 11 is 0. The van der Waals surface area contributed by atoms with Gasteiger partial charge in [-0.05, 0) is 55.5 Å². The first-order valence-corrected chi connectivity index (χ1v) is 11.8. The van der Waals surface area contributed by atoms with Gasteiger partial charge in [-0.3, -0.25) is 19.3 Å². The molecule has 4 rings (SSSR count). The van der Waals surface area contributed by atoms with E-state index in [9.17, 15) is 18.8 Å². The normalized spacial score (nSPS) is 17.5. The van der Waals surface area contributed by atoms with Crippen LogP contribution in [0.4, 0.5) is 10.1 Å². The van der Waals surface area contributed by atoms with Crippen LogP contribution in [0.3, 0.4) is 0 Å². The Morgan fingerprint density at radius 1 is 0.788 bits per heavy atom. The lowest BCUT2D eigenvalue weighted by Crippen LogP contribution is -2.51. The summed E-state index contributed by atoms with van der Waals surface area (Å²) in [4.78, 5) is 41.2. The first kappa shape index (κ1) is 23.0. The van der Waals surface area contributed by atoms with E-state index in [-0.39, 0.29) is 18.0 Å². The van der Waals surface area contributed by atoms with Crippen LogP contribution in [-0.2, 0) is 14.4 Å². The summed E-state index contributed by atoms with van der Waals surface area (Å²) in [5.74, 6) is -2.39. The van der Waals surface area contributed by atoms with E-state index in [4.69, 9.17) is 0 Å². The summed E-state index contributed by atoms with van der Waals surface area (Å²) in [6.45, 7) is 0. The SMILES string of the molecule is O=C(NC1CCCC1)C(=O)N(c1ccc(F)cc1)[C@H](C(=O)NC1CCCC1)c1ccccc1. The number of amides is 3.